The molecular weight excluding hydrogens is 365 g/mol. The zero-order valence-electron chi connectivity index (χ0n) is 16.2. The summed E-state index contributed by atoms with van der Waals surface area (Å²) in [5.41, 5.74) is 0.758. The Morgan fingerprint density at radius 2 is 1.61 bits per heavy atom. The lowest BCUT2D eigenvalue weighted by molar-refractivity contribution is -0.122. The fraction of sp³-hybridized carbons (Fsp3) is 0.409. The van der Waals surface area contributed by atoms with E-state index >= 15 is 0 Å². The van der Waals surface area contributed by atoms with Crippen LogP contribution in [-0.4, -0.2) is 29.9 Å². The first kappa shape index (κ1) is 20.4. The Labute approximate surface area is 163 Å². The molecule has 0 saturated carbocycles. The molecule has 1 saturated heterocycles. The molecule has 6 heteroatoms. The number of halogens is 3. The van der Waals surface area contributed by atoms with Crippen LogP contribution in [0.4, 0.5) is 18.9 Å². The summed E-state index contributed by atoms with van der Waals surface area (Å²) < 4.78 is 41.1. The summed E-state index contributed by atoms with van der Waals surface area (Å²) in [6.07, 6.45) is 1.37. The van der Waals surface area contributed by atoms with E-state index in [9.17, 15) is 18.0 Å². The molecule has 1 aliphatic rings. The second-order valence-electron chi connectivity index (χ2n) is 7.55. The minimum atomic E-state index is -0.537. The molecule has 150 valence electrons. The lowest BCUT2D eigenvalue weighted by Gasteiger charge is -2.39. The van der Waals surface area contributed by atoms with Crippen molar-refractivity contribution in [2.45, 2.75) is 39.3 Å². The van der Waals surface area contributed by atoms with Gasteiger partial charge in [0, 0.05) is 42.8 Å². The summed E-state index contributed by atoms with van der Waals surface area (Å²) >= 11 is 0. The first-order chi connectivity index (χ1) is 13.4. The first-order valence-electron chi connectivity index (χ1n) is 9.60. The number of carbonyl (C=O) groups excluding carboxylic acids is 1. The maximum Gasteiger partial charge on any atom is 0.229 e. The van der Waals surface area contributed by atoms with Crippen molar-refractivity contribution in [1.29, 1.82) is 0 Å². The summed E-state index contributed by atoms with van der Waals surface area (Å²) in [6, 6.07) is 9.82. The zero-order valence-corrected chi connectivity index (χ0v) is 16.2. The topological polar surface area (TPSA) is 23.6 Å². The van der Waals surface area contributed by atoms with E-state index in [2.05, 4.69) is 0 Å². The lowest BCUT2D eigenvalue weighted by Crippen LogP contribution is -2.48. The normalized spacial score (nSPS) is 15.8. The number of piperidine rings is 1. The Bertz CT molecular complexity index is 795. The van der Waals surface area contributed by atoms with E-state index in [0.717, 1.165) is 0 Å². The predicted molar refractivity (Wildman–Crippen MR) is 103 cm³/mol. The van der Waals surface area contributed by atoms with Crippen molar-refractivity contribution in [1.82, 2.24) is 4.90 Å². The highest BCUT2D eigenvalue weighted by Gasteiger charge is 2.30. The Balaban J connectivity index is 1.71. The van der Waals surface area contributed by atoms with Crippen molar-refractivity contribution in [3.63, 3.8) is 0 Å². The van der Waals surface area contributed by atoms with Gasteiger partial charge < -0.3 is 4.90 Å². The molecule has 1 fully saturated rings. The van der Waals surface area contributed by atoms with E-state index in [0.29, 0.717) is 31.6 Å². The summed E-state index contributed by atoms with van der Waals surface area (Å²) in [7, 11) is 0. The van der Waals surface area contributed by atoms with Crippen LogP contribution in [0.15, 0.2) is 42.5 Å². The van der Waals surface area contributed by atoms with Crippen molar-refractivity contribution in [3.8, 4) is 0 Å². The molecule has 2 aromatic rings. The van der Waals surface area contributed by atoms with Gasteiger partial charge in [-0.1, -0.05) is 19.9 Å². The second kappa shape index (κ2) is 8.78. The Morgan fingerprint density at radius 1 is 1.04 bits per heavy atom. The molecular formula is C22H25F3N2O. The molecule has 28 heavy (non-hydrogen) atoms. The van der Waals surface area contributed by atoms with Crippen molar-refractivity contribution in [3.05, 3.63) is 65.5 Å². The van der Waals surface area contributed by atoms with Gasteiger partial charge in [0.2, 0.25) is 5.91 Å². The highest BCUT2D eigenvalue weighted by molar-refractivity contribution is 5.95. The number of amides is 1. The van der Waals surface area contributed by atoms with Gasteiger partial charge >= 0.3 is 0 Å². The molecule has 0 atom stereocenters. The average molecular weight is 390 g/mol. The van der Waals surface area contributed by atoms with Crippen LogP contribution >= 0.6 is 0 Å². The predicted octanol–water partition coefficient (Wildman–Crippen LogP) is 4.76. The van der Waals surface area contributed by atoms with Crippen LogP contribution in [0, 0.1) is 23.4 Å². The Kier molecular flexibility index (Phi) is 6.39. The molecule has 2 aromatic carbocycles. The van der Waals surface area contributed by atoms with Gasteiger partial charge in [0.15, 0.2) is 0 Å². The highest BCUT2D eigenvalue weighted by Crippen LogP contribution is 2.27. The molecule has 1 amide bonds. The minimum Gasteiger partial charge on any atom is -0.309 e. The molecule has 0 bridgehead atoms. The summed E-state index contributed by atoms with van der Waals surface area (Å²) in [5.74, 6) is -1.61. The summed E-state index contributed by atoms with van der Waals surface area (Å²) in [6.45, 7) is 5.15. The third-order valence-electron chi connectivity index (χ3n) is 5.20. The molecule has 0 aromatic heterocycles. The highest BCUT2D eigenvalue weighted by atomic mass is 19.1. The SMILES string of the molecule is CC(C)C(=O)N(c1ccc(F)cc1)C1CCN(Cc2c(F)cccc2F)CC1. The molecule has 0 N–H and O–H groups in total. The van der Waals surface area contributed by atoms with Gasteiger partial charge in [-0.3, -0.25) is 9.69 Å². The number of anilines is 1. The summed E-state index contributed by atoms with van der Waals surface area (Å²) in [4.78, 5) is 16.6. The standard InChI is InChI=1S/C22H25F3N2O/c1-15(2)22(28)27(17-8-6-16(23)7-9-17)18-10-12-26(13-11-18)14-19-20(24)4-3-5-21(19)25/h3-9,15,18H,10-14H2,1-2H3. The van der Waals surface area contributed by atoms with Crippen LogP contribution in [0.5, 0.6) is 0 Å². The maximum atomic E-state index is 13.9. The van der Waals surface area contributed by atoms with Crippen LogP contribution in [0.25, 0.3) is 0 Å². The smallest absolute Gasteiger partial charge is 0.229 e. The fourth-order valence-corrected chi connectivity index (χ4v) is 3.64. The number of nitrogens with zero attached hydrogens (tertiary/aromatic N) is 2. The lowest BCUT2D eigenvalue weighted by atomic mass is 9.99. The van der Waals surface area contributed by atoms with Crippen LogP contribution in [0.2, 0.25) is 0 Å². The molecule has 0 unspecified atom stereocenters. The molecule has 1 aliphatic heterocycles. The number of hydrogen-bond donors (Lipinski definition) is 0. The van der Waals surface area contributed by atoms with E-state index in [4.69, 9.17) is 0 Å². The fourth-order valence-electron chi connectivity index (χ4n) is 3.64. The van der Waals surface area contributed by atoms with Gasteiger partial charge in [-0.2, -0.15) is 0 Å². The van der Waals surface area contributed by atoms with Crippen molar-refractivity contribution in [2.24, 2.45) is 5.92 Å². The van der Waals surface area contributed by atoms with E-state index in [1.165, 1.54) is 30.3 Å². The number of carbonyl (C=O) groups is 1. The van der Waals surface area contributed by atoms with Crippen molar-refractivity contribution in [2.75, 3.05) is 18.0 Å². The Hall–Kier alpha value is -2.34. The third kappa shape index (κ3) is 4.55. The van der Waals surface area contributed by atoms with E-state index in [1.54, 1.807) is 17.0 Å². The van der Waals surface area contributed by atoms with Gasteiger partial charge in [0.25, 0.3) is 0 Å². The molecule has 0 aliphatic carbocycles. The van der Waals surface area contributed by atoms with E-state index in [1.807, 2.05) is 18.7 Å². The quantitative estimate of drug-likeness (QED) is 0.735. The van der Waals surface area contributed by atoms with Crippen molar-refractivity contribution < 1.29 is 18.0 Å². The molecule has 0 spiro atoms. The van der Waals surface area contributed by atoms with E-state index < -0.39 is 11.6 Å². The number of benzene rings is 2. The van der Waals surface area contributed by atoms with Crippen LogP contribution in [0.1, 0.15) is 32.3 Å². The number of rotatable bonds is 5. The first-order valence-corrected chi connectivity index (χ1v) is 9.60. The largest absolute Gasteiger partial charge is 0.309 e. The summed E-state index contributed by atoms with van der Waals surface area (Å²) in [5, 5.41) is 0. The number of hydrogen-bond acceptors (Lipinski definition) is 2. The Morgan fingerprint density at radius 3 is 2.14 bits per heavy atom. The third-order valence-corrected chi connectivity index (χ3v) is 5.20. The zero-order chi connectivity index (χ0) is 20.3. The van der Waals surface area contributed by atoms with Gasteiger partial charge in [-0.15, -0.1) is 0 Å². The van der Waals surface area contributed by atoms with Gasteiger partial charge in [-0.25, -0.2) is 13.2 Å². The van der Waals surface area contributed by atoms with E-state index in [-0.39, 0.29) is 35.8 Å². The van der Waals surface area contributed by atoms with Gasteiger partial charge in [0.05, 0.1) is 0 Å². The van der Waals surface area contributed by atoms with Gasteiger partial charge in [0.1, 0.15) is 17.5 Å². The molecule has 3 rings (SSSR count). The monoisotopic (exact) mass is 390 g/mol. The molecule has 3 nitrogen and oxygen atoms in total. The van der Waals surface area contributed by atoms with Crippen LogP contribution in [0.3, 0.4) is 0 Å². The number of likely N-dealkylation sites (tertiary alicyclic amines) is 1. The van der Waals surface area contributed by atoms with Crippen LogP contribution in [-0.2, 0) is 11.3 Å². The van der Waals surface area contributed by atoms with Crippen LogP contribution < -0.4 is 4.90 Å². The van der Waals surface area contributed by atoms with Gasteiger partial charge in [-0.05, 0) is 49.2 Å². The molecule has 0 radical (unpaired) electrons. The van der Waals surface area contributed by atoms with Crippen molar-refractivity contribution >= 4 is 11.6 Å². The maximum absolute atomic E-state index is 13.9. The molecule has 1 heterocycles. The second-order valence-corrected chi connectivity index (χ2v) is 7.55. The minimum absolute atomic E-state index is 0.00907. The average Bonchev–Trinajstić information content (AvgIpc) is 2.67.